The summed E-state index contributed by atoms with van der Waals surface area (Å²) in [6.07, 6.45) is 2.75. The lowest BCUT2D eigenvalue weighted by Gasteiger charge is -2.15. The van der Waals surface area contributed by atoms with Crippen LogP contribution in [0.5, 0.6) is 0 Å². The maximum Gasteiger partial charge on any atom is 0.109 e. The smallest absolute Gasteiger partial charge is 0.109 e. The van der Waals surface area contributed by atoms with Crippen molar-refractivity contribution in [3.63, 3.8) is 0 Å². The van der Waals surface area contributed by atoms with Gasteiger partial charge in [-0.2, -0.15) is 0 Å². The molecule has 5 heteroatoms. The second-order valence-electron chi connectivity index (χ2n) is 4.77. The molecule has 0 aromatic heterocycles. The number of amidine groups is 1. The third kappa shape index (κ3) is 4.16. The minimum atomic E-state index is -0.643. The summed E-state index contributed by atoms with van der Waals surface area (Å²) in [5, 5.41) is 19.2. The number of nitrogens with two attached hydrogens (primary N) is 1. The molecule has 108 valence electrons. The maximum absolute atomic E-state index is 10.0. The van der Waals surface area contributed by atoms with Crippen LogP contribution in [0, 0.1) is 5.92 Å². The molecule has 4 N–H and O–H groups in total. The van der Waals surface area contributed by atoms with Gasteiger partial charge in [0.15, 0.2) is 0 Å². The van der Waals surface area contributed by atoms with Crippen molar-refractivity contribution in [3.8, 4) is 0 Å². The summed E-state index contributed by atoms with van der Waals surface area (Å²) < 4.78 is 5.59. The van der Waals surface area contributed by atoms with Crippen molar-refractivity contribution in [2.24, 2.45) is 16.6 Å². The zero-order valence-electron chi connectivity index (χ0n) is 11.6. The highest BCUT2D eigenvalue weighted by molar-refractivity contribution is 5.81. The minimum Gasteiger partial charge on any atom is -0.394 e. The van der Waals surface area contributed by atoms with E-state index in [-0.39, 0.29) is 18.6 Å². The first kappa shape index (κ1) is 15.9. The molecule has 0 aromatic rings. The number of ether oxygens (including phenoxy) is 1. The monoisotopic (exact) mass is 268 g/mol. The van der Waals surface area contributed by atoms with Crippen LogP contribution in [-0.2, 0) is 4.74 Å². The SMILES string of the molecule is C=C(/C=C/CC(N)=NCC)C1OC(CO)C(C)C1O. The van der Waals surface area contributed by atoms with Crippen molar-refractivity contribution in [2.75, 3.05) is 13.2 Å². The fraction of sp³-hybridized carbons (Fsp3) is 0.643. The lowest BCUT2D eigenvalue weighted by atomic mass is 9.95. The van der Waals surface area contributed by atoms with Crippen molar-refractivity contribution in [1.82, 2.24) is 0 Å². The second kappa shape index (κ2) is 7.43. The number of aliphatic imine (C=N–C) groups is 1. The standard InChI is InChI=1S/C14H24N2O3/c1-4-16-12(15)7-5-6-9(2)14-13(18)10(3)11(8-17)19-14/h5-6,10-11,13-14,17-18H,2,4,7-8H2,1,3H3,(H2,15,16)/b6-5+. The second-order valence-corrected chi connectivity index (χ2v) is 4.77. The highest BCUT2D eigenvalue weighted by Crippen LogP contribution is 2.30. The van der Waals surface area contributed by atoms with Gasteiger partial charge in [0.2, 0.25) is 0 Å². The van der Waals surface area contributed by atoms with Crippen LogP contribution in [0.25, 0.3) is 0 Å². The molecule has 1 heterocycles. The number of hydrogen-bond donors (Lipinski definition) is 3. The topological polar surface area (TPSA) is 88.1 Å². The van der Waals surface area contributed by atoms with E-state index in [2.05, 4.69) is 11.6 Å². The molecular weight excluding hydrogens is 244 g/mol. The molecule has 4 unspecified atom stereocenters. The van der Waals surface area contributed by atoms with E-state index >= 15 is 0 Å². The van der Waals surface area contributed by atoms with E-state index in [0.717, 1.165) is 0 Å². The molecule has 1 saturated heterocycles. The molecule has 0 bridgehead atoms. The van der Waals surface area contributed by atoms with Crippen molar-refractivity contribution in [3.05, 3.63) is 24.3 Å². The Morgan fingerprint density at radius 2 is 2.21 bits per heavy atom. The highest BCUT2D eigenvalue weighted by Gasteiger charge is 2.40. The average molecular weight is 268 g/mol. The number of rotatable bonds is 6. The normalized spacial score (nSPS) is 32.1. The van der Waals surface area contributed by atoms with E-state index in [4.69, 9.17) is 15.6 Å². The largest absolute Gasteiger partial charge is 0.394 e. The summed E-state index contributed by atoms with van der Waals surface area (Å²) in [5.41, 5.74) is 6.35. The minimum absolute atomic E-state index is 0.0954. The fourth-order valence-corrected chi connectivity index (χ4v) is 2.10. The van der Waals surface area contributed by atoms with Crippen molar-refractivity contribution < 1.29 is 14.9 Å². The van der Waals surface area contributed by atoms with Gasteiger partial charge < -0.3 is 20.7 Å². The Morgan fingerprint density at radius 1 is 1.53 bits per heavy atom. The molecule has 5 nitrogen and oxygen atoms in total. The van der Waals surface area contributed by atoms with Crippen LogP contribution < -0.4 is 5.73 Å². The Labute approximate surface area is 114 Å². The third-order valence-corrected chi connectivity index (χ3v) is 3.32. The van der Waals surface area contributed by atoms with E-state index in [1.165, 1.54) is 0 Å². The number of aliphatic hydroxyl groups excluding tert-OH is 2. The summed E-state index contributed by atoms with van der Waals surface area (Å²) in [6.45, 7) is 8.25. The summed E-state index contributed by atoms with van der Waals surface area (Å²) in [5.74, 6) is 0.466. The molecular formula is C14H24N2O3. The zero-order chi connectivity index (χ0) is 14.4. The molecule has 0 spiro atoms. The van der Waals surface area contributed by atoms with Crippen LogP contribution >= 0.6 is 0 Å². The lowest BCUT2D eigenvalue weighted by molar-refractivity contribution is 0.00803. The lowest BCUT2D eigenvalue weighted by Crippen LogP contribution is -2.26. The summed E-state index contributed by atoms with van der Waals surface area (Å²) in [6, 6.07) is 0. The van der Waals surface area contributed by atoms with E-state index in [1.54, 1.807) is 6.08 Å². The van der Waals surface area contributed by atoms with E-state index in [0.29, 0.717) is 24.4 Å². The predicted octanol–water partition coefficient (Wildman–Crippen LogP) is 0.623. The molecule has 19 heavy (non-hydrogen) atoms. The molecule has 1 rings (SSSR count). The first-order valence-corrected chi connectivity index (χ1v) is 6.59. The number of aliphatic hydroxyl groups is 2. The Hall–Kier alpha value is -1.17. The van der Waals surface area contributed by atoms with Crippen LogP contribution in [0.4, 0.5) is 0 Å². The van der Waals surface area contributed by atoms with Gasteiger partial charge in [0.1, 0.15) is 6.10 Å². The molecule has 4 atom stereocenters. The van der Waals surface area contributed by atoms with Crippen molar-refractivity contribution in [2.45, 2.75) is 38.6 Å². The van der Waals surface area contributed by atoms with Crippen LogP contribution in [0.15, 0.2) is 29.3 Å². The van der Waals surface area contributed by atoms with Gasteiger partial charge in [-0.3, -0.25) is 4.99 Å². The van der Waals surface area contributed by atoms with Crippen molar-refractivity contribution >= 4 is 5.84 Å². The Kier molecular flexibility index (Phi) is 6.21. The number of nitrogens with zero attached hydrogens (tertiary/aromatic N) is 1. The Morgan fingerprint density at radius 3 is 2.74 bits per heavy atom. The van der Waals surface area contributed by atoms with Gasteiger partial charge >= 0.3 is 0 Å². The summed E-state index contributed by atoms with van der Waals surface area (Å²) >= 11 is 0. The van der Waals surface area contributed by atoms with Crippen LogP contribution in [-0.4, -0.2) is 47.5 Å². The van der Waals surface area contributed by atoms with Gasteiger partial charge in [-0.15, -0.1) is 0 Å². The van der Waals surface area contributed by atoms with Gasteiger partial charge in [0.05, 0.1) is 24.7 Å². The van der Waals surface area contributed by atoms with Crippen LogP contribution in [0.3, 0.4) is 0 Å². The Balaban J connectivity index is 2.55. The molecule has 0 aliphatic carbocycles. The van der Waals surface area contributed by atoms with E-state index in [1.807, 2.05) is 19.9 Å². The molecule has 0 amide bonds. The molecule has 0 saturated carbocycles. The molecule has 0 aromatic carbocycles. The summed E-state index contributed by atoms with van der Waals surface area (Å²) in [7, 11) is 0. The molecule has 1 fully saturated rings. The first-order chi connectivity index (χ1) is 9.01. The highest BCUT2D eigenvalue weighted by atomic mass is 16.5. The van der Waals surface area contributed by atoms with Gasteiger partial charge in [0.25, 0.3) is 0 Å². The maximum atomic E-state index is 10.0. The van der Waals surface area contributed by atoms with E-state index < -0.39 is 12.2 Å². The van der Waals surface area contributed by atoms with Crippen molar-refractivity contribution in [1.29, 1.82) is 0 Å². The molecule has 1 aliphatic heterocycles. The van der Waals surface area contributed by atoms with Gasteiger partial charge in [-0.25, -0.2) is 0 Å². The summed E-state index contributed by atoms with van der Waals surface area (Å²) in [4.78, 5) is 4.07. The van der Waals surface area contributed by atoms with Gasteiger partial charge in [-0.05, 0) is 12.5 Å². The van der Waals surface area contributed by atoms with Crippen LogP contribution in [0.1, 0.15) is 20.3 Å². The Bertz CT molecular complexity index is 366. The quantitative estimate of drug-likeness (QED) is 0.374. The fourth-order valence-electron chi connectivity index (χ4n) is 2.10. The number of hydrogen-bond acceptors (Lipinski definition) is 4. The molecule has 1 aliphatic rings. The predicted molar refractivity (Wildman–Crippen MR) is 76.0 cm³/mol. The van der Waals surface area contributed by atoms with Gasteiger partial charge in [0, 0.05) is 18.9 Å². The molecule has 0 radical (unpaired) electrons. The first-order valence-electron chi connectivity index (χ1n) is 6.59. The van der Waals surface area contributed by atoms with E-state index in [9.17, 15) is 5.11 Å². The van der Waals surface area contributed by atoms with Gasteiger partial charge in [-0.1, -0.05) is 25.7 Å². The van der Waals surface area contributed by atoms with Crippen LogP contribution in [0.2, 0.25) is 0 Å². The third-order valence-electron chi connectivity index (χ3n) is 3.32. The average Bonchev–Trinajstić information content (AvgIpc) is 2.66. The zero-order valence-corrected chi connectivity index (χ0v) is 11.6.